The molecular weight excluding hydrogens is 316 g/mol. The molecule has 0 amide bonds. The van der Waals surface area contributed by atoms with Crippen LogP contribution in [0.5, 0.6) is 0 Å². The van der Waals surface area contributed by atoms with Crippen LogP contribution in [0.25, 0.3) is 11.2 Å². The average Bonchev–Trinajstić information content (AvgIpc) is 2.79. The van der Waals surface area contributed by atoms with Crippen LogP contribution in [0.4, 0.5) is 0 Å². The summed E-state index contributed by atoms with van der Waals surface area (Å²) in [5, 5.41) is 4.45. The Balaban J connectivity index is 2.63. The second kappa shape index (κ2) is 6.74. The lowest BCUT2D eigenvalue weighted by atomic mass is 10.1. The van der Waals surface area contributed by atoms with Crippen molar-refractivity contribution >= 4 is 29.0 Å². The number of hydrogen-bond donors (Lipinski definition) is 1. The summed E-state index contributed by atoms with van der Waals surface area (Å²) in [6.07, 6.45) is 4.73. The van der Waals surface area contributed by atoms with E-state index in [1.54, 1.807) is 10.8 Å². The number of imidazole rings is 1. The molecule has 2 aromatic heterocycles. The maximum absolute atomic E-state index is 12.3. The number of rotatable bonds is 5. The third-order valence-electron chi connectivity index (χ3n) is 3.54. The fraction of sp³-hybridized carbons (Fsp3) is 0.562. The van der Waals surface area contributed by atoms with E-state index in [4.69, 9.17) is 16.4 Å². The number of pyridine rings is 1. The first-order valence-electron chi connectivity index (χ1n) is 7.78. The molecule has 23 heavy (non-hydrogen) atoms. The predicted molar refractivity (Wildman–Crippen MR) is 93.4 cm³/mol. The number of nitrogens with one attached hydrogen (secondary N) is 1. The van der Waals surface area contributed by atoms with E-state index < -0.39 is 5.60 Å². The van der Waals surface area contributed by atoms with Crippen LogP contribution in [0, 0.1) is 0 Å². The molecule has 0 fully saturated rings. The van der Waals surface area contributed by atoms with Crippen molar-refractivity contribution in [3.63, 3.8) is 0 Å². The quantitative estimate of drug-likeness (QED) is 0.664. The maximum atomic E-state index is 12.3. The van der Waals surface area contributed by atoms with E-state index in [0.29, 0.717) is 21.7 Å². The number of hydrogen-bond acceptors (Lipinski definition) is 4. The summed E-state index contributed by atoms with van der Waals surface area (Å²) in [7, 11) is 0. The third-order valence-corrected chi connectivity index (χ3v) is 3.85. The van der Waals surface area contributed by atoms with Crippen molar-refractivity contribution in [3.05, 3.63) is 27.3 Å². The maximum Gasteiger partial charge on any atom is 0.327 e. The number of aromatic amines is 1. The summed E-state index contributed by atoms with van der Waals surface area (Å²) < 4.78 is 1.71. The van der Waals surface area contributed by atoms with Crippen LogP contribution in [-0.4, -0.2) is 26.4 Å². The zero-order chi connectivity index (χ0) is 17.2. The molecule has 2 rings (SSSR count). The standard InChI is InChI=1S/C16H23ClN4O2/c1-6-10(7-2)21-13-11(8-19-23-16(3,4)5)12(17)9-18-14(13)20-15(21)22/h8-10H,6-7H2,1-5H3,(H,18,20,22). The first-order valence-corrected chi connectivity index (χ1v) is 8.16. The fourth-order valence-corrected chi connectivity index (χ4v) is 2.64. The number of halogens is 1. The van der Waals surface area contributed by atoms with Crippen LogP contribution >= 0.6 is 11.6 Å². The molecule has 0 aliphatic heterocycles. The lowest BCUT2D eigenvalue weighted by Crippen LogP contribution is -2.22. The smallest absolute Gasteiger partial charge is 0.327 e. The zero-order valence-electron chi connectivity index (χ0n) is 14.2. The molecule has 126 valence electrons. The van der Waals surface area contributed by atoms with Crippen molar-refractivity contribution in [2.45, 2.75) is 59.1 Å². The van der Waals surface area contributed by atoms with Crippen molar-refractivity contribution in [2.75, 3.05) is 0 Å². The van der Waals surface area contributed by atoms with E-state index >= 15 is 0 Å². The largest absolute Gasteiger partial charge is 0.390 e. The summed E-state index contributed by atoms with van der Waals surface area (Å²) in [5.74, 6) is 0. The lowest BCUT2D eigenvalue weighted by Gasteiger charge is -2.16. The fourth-order valence-electron chi connectivity index (χ4n) is 2.45. The molecule has 0 spiro atoms. The number of fused-ring (bicyclic) bond motifs is 1. The highest BCUT2D eigenvalue weighted by Gasteiger charge is 2.19. The number of oxime groups is 1. The molecule has 0 saturated carbocycles. The van der Waals surface area contributed by atoms with Gasteiger partial charge in [0, 0.05) is 17.8 Å². The molecule has 0 unspecified atom stereocenters. The van der Waals surface area contributed by atoms with Gasteiger partial charge < -0.3 is 4.84 Å². The van der Waals surface area contributed by atoms with Gasteiger partial charge in [-0.1, -0.05) is 30.6 Å². The Morgan fingerprint density at radius 2 is 2.09 bits per heavy atom. The summed E-state index contributed by atoms with van der Waals surface area (Å²) >= 11 is 6.29. The Kier molecular flexibility index (Phi) is 5.14. The first-order chi connectivity index (χ1) is 10.8. The molecule has 7 heteroatoms. The minimum Gasteiger partial charge on any atom is -0.390 e. The van der Waals surface area contributed by atoms with Crippen LogP contribution in [0.3, 0.4) is 0 Å². The van der Waals surface area contributed by atoms with Gasteiger partial charge in [0.1, 0.15) is 5.60 Å². The number of aromatic nitrogens is 3. The van der Waals surface area contributed by atoms with Crippen LogP contribution in [0.1, 0.15) is 59.1 Å². The number of H-pyrrole nitrogens is 1. The molecule has 0 aliphatic rings. The lowest BCUT2D eigenvalue weighted by molar-refractivity contribution is 0.00200. The van der Waals surface area contributed by atoms with Gasteiger partial charge in [-0.25, -0.2) is 9.78 Å². The third kappa shape index (κ3) is 3.75. The van der Waals surface area contributed by atoms with Crippen LogP contribution in [0.15, 0.2) is 16.1 Å². The Hall–Kier alpha value is -1.82. The van der Waals surface area contributed by atoms with Gasteiger partial charge in [-0.15, -0.1) is 0 Å². The first kappa shape index (κ1) is 17.5. The molecule has 0 bridgehead atoms. The minimum absolute atomic E-state index is 0.0761. The van der Waals surface area contributed by atoms with E-state index in [0.717, 1.165) is 12.8 Å². The molecule has 0 atom stereocenters. The van der Waals surface area contributed by atoms with Gasteiger partial charge in [-0.2, -0.15) is 0 Å². The van der Waals surface area contributed by atoms with E-state index in [2.05, 4.69) is 15.1 Å². The summed E-state index contributed by atoms with van der Waals surface area (Å²) in [6, 6.07) is 0.0761. The van der Waals surface area contributed by atoms with Crippen LogP contribution in [-0.2, 0) is 4.84 Å². The summed E-state index contributed by atoms with van der Waals surface area (Å²) in [6.45, 7) is 9.82. The van der Waals surface area contributed by atoms with Crippen molar-refractivity contribution < 1.29 is 4.84 Å². The van der Waals surface area contributed by atoms with Crippen molar-refractivity contribution in [1.82, 2.24) is 14.5 Å². The van der Waals surface area contributed by atoms with Crippen molar-refractivity contribution in [1.29, 1.82) is 0 Å². The van der Waals surface area contributed by atoms with Crippen molar-refractivity contribution in [3.8, 4) is 0 Å². The zero-order valence-corrected chi connectivity index (χ0v) is 14.9. The second-order valence-corrected chi connectivity index (χ2v) is 6.83. The van der Waals surface area contributed by atoms with E-state index in [1.807, 2.05) is 34.6 Å². The van der Waals surface area contributed by atoms with Crippen LogP contribution < -0.4 is 5.69 Å². The Morgan fingerprint density at radius 1 is 1.43 bits per heavy atom. The second-order valence-electron chi connectivity index (χ2n) is 6.43. The molecule has 6 nitrogen and oxygen atoms in total. The van der Waals surface area contributed by atoms with Gasteiger partial charge in [0.05, 0.1) is 16.8 Å². The topological polar surface area (TPSA) is 72.3 Å². The Bertz CT molecular complexity index is 767. The summed E-state index contributed by atoms with van der Waals surface area (Å²) in [5.41, 5.74) is 1.21. The van der Waals surface area contributed by atoms with Gasteiger partial charge in [0.15, 0.2) is 5.65 Å². The molecule has 0 aromatic carbocycles. The Morgan fingerprint density at radius 3 is 2.65 bits per heavy atom. The van der Waals surface area contributed by atoms with Gasteiger partial charge in [-0.05, 0) is 33.6 Å². The highest BCUT2D eigenvalue weighted by molar-refractivity contribution is 6.34. The average molecular weight is 339 g/mol. The van der Waals surface area contributed by atoms with Gasteiger partial charge >= 0.3 is 5.69 Å². The summed E-state index contributed by atoms with van der Waals surface area (Å²) in [4.78, 5) is 24.7. The normalized spacial score (nSPS) is 12.7. The highest BCUT2D eigenvalue weighted by Crippen LogP contribution is 2.25. The molecule has 2 aromatic rings. The van der Waals surface area contributed by atoms with E-state index in [9.17, 15) is 4.79 Å². The van der Waals surface area contributed by atoms with Gasteiger partial charge in [-0.3, -0.25) is 9.55 Å². The molecule has 2 heterocycles. The molecular formula is C16H23ClN4O2. The van der Waals surface area contributed by atoms with Crippen molar-refractivity contribution in [2.24, 2.45) is 5.16 Å². The van der Waals surface area contributed by atoms with Gasteiger partial charge in [0.2, 0.25) is 0 Å². The SMILES string of the molecule is CCC(CC)n1c(=O)[nH]c2ncc(Cl)c(C=NOC(C)(C)C)c21. The molecule has 0 saturated heterocycles. The molecule has 0 radical (unpaired) electrons. The number of nitrogens with zero attached hydrogens (tertiary/aromatic N) is 3. The minimum atomic E-state index is -0.400. The van der Waals surface area contributed by atoms with Crippen LogP contribution in [0.2, 0.25) is 5.02 Å². The monoisotopic (exact) mass is 338 g/mol. The van der Waals surface area contributed by atoms with E-state index in [1.165, 1.54) is 6.20 Å². The van der Waals surface area contributed by atoms with E-state index in [-0.39, 0.29) is 11.7 Å². The molecule has 1 N–H and O–H groups in total. The Labute approximate surface area is 140 Å². The van der Waals surface area contributed by atoms with Gasteiger partial charge in [0.25, 0.3) is 0 Å². The predicted octanol–water partition coefficient (Wildman–Crippen LogP) is 3.89. The highest BCUT2D eigenvalue weighted by atomic mass is 35.5. The molecule has 0 aliphatic carbocycles.